The van der Waals surface area contributed by atoms with Crippen molar-refractivity contribution in [1.82, 2.24) is 19.5 Å². The van der Waals surface area contributed by atoms with Crippen molar-refractivity contribution in [3.63, 3.8) is 0 Å². The SMILES string of the molecule is c1ccc2cc(-c3nc(-c4ccc(-n5c6ccccc6c6cc7ccccc7cc65)cc4-c4cccc5oc6ccccc6c45)nc(-c4cccc5c6ccccc6c6ccccc6c45)n3)ccc2c1. The Morgan fingerprint density at radius 3 is 1.63 bits per heavy atom. The Hall–Kier alpha value is -9.45. The predicted octanol–water partition coefficient (Wildman–Crippen LogP) is 17.3. The maximum absolute atomic E-state index is 6.57. The molecular weight excluding hydrogens is 853 g/mol. The molecule has 0 saturated carbocycles. The van der Waals surface area contributed by atoms with Gasteiger partial charge in [-0.3, -0.25) is 0 Å². The fraction of sp³-hybridized carbons (Fsp3) is 0. The molecule has 0 atom stereocenters. The zero-order valence-electron chi connectivity index (χ0n) is 37.6. The molecular formula is C65H38N4O. The largest absolute Gasteiger partial charge is 0.456 e. The Bertz CT molecular complexity index is 4630. The second-order valence-corrected chi connectivity index (χ2v) is 18.3. The molecule has 5 nitrogen and oxygen atoms in total. The van der Waals surface area contributed by atoms with Crippen molar-refractivity contribution in [3.05, 3.63) is 231 Å². The summed E-state index contributed by atoms with van der Waals surface area (Å²) in [6.07, 6.45) is 0. The monoisotopic (exact) mass is 890 g/mol. The van der Waals surface area contributed by atoms with Crippen molar-refractivity contribution in [1.29, 1.82) is 0 Å². The third kappa shape index (κ3) is 5.82. The number of nitrogens with zero attached hydrogens (tertiary/aromatic N) is 4. The minimum atomic E-state index is 0.579. The Balaban J connectivity index is 1.05. The van der Waals surface area contributed by atoms with Gasteiger partial charge < -0.3 is 8.98 Å². The summed E-state index contributed by atoms with van der Waals surface area (Å²) in [6, 6.07) is 82.3. The van der Waals surface area contributed by atoms with E-state index in [1.165, 1.54) is 37.7 Å². The molecule has 0 bridgehead atoms. The van der Waals surface area contributed by atoms with Crippen LogP contribution in [0.15, 0.2) is 235 Å². The lowest BCUT2D eigenvalue weighted by atomic mass is 9.91. The van der Waals surface area contributed by atoms with Crippen LogP contribution in [0.1, 0.15) is 0 Å². The average Bonchev–Trinajstić information content (AvgIpc) is 3.97. The number of aromatic nitrogens is 4. The van der Waals surface area contributed by atoms with Crippen LogP contribution in [0.2, 0.25) is 0 Å². The van der Waals surface area contributed by atoms with Crippen LogP contribution >= 0.6 is 0 Å². The van der Waals surface area contributed by atoms with Gasteiger partial charge >= 0.3 is 0 Å². The Kier molecular flexibility index (Phi) is 8.29. The Morgan fingerprint density at radius 1 is 0.286 bits per heavy atom. The standard InChI is InChI=1S/C65H38N4O/c1-2-16-40-35-43(32-31-39(40)15-1)63-66-64(68-65(67-63)54-27-13-25-50-47-20-6-5-19-45(47)46-21-7-8-23-49(46)61(50)54)52-34-33-44(38-55(52)51-26-14-30-60-62(51)53-24-10-12-29-59(53)70-60)69-57-28-11-9-22-48(57)56-36-41-17-3-4-18-42(41)37-58(56)69/h1-38H. The zero-order chi connectivity index (χ0) is 45.9. The lowest BCUT2D eigenvalue weighted by molar-refractivity contribution is 0.669. The van der Waals surface area contributed by atoms with E-state index in [4.69, 9.17) is 19.4 Å². The molecule has 0 saturated heterocycles. The van der Waals surface area contributed by atoms with E-state index in [9.17, 15) is 0 Å². The smallest absolute Gasteiger partial charge is 0.164 e. The molecule has 15 rings (SSSR count). The van der Waals surface area contributed by atoms with Crippen molar-refractivity contribution in [2.75, 3.05) is 0 Å². The van der Waals surface area contributed by atoms with E-state index in [-0.39, 0.29) is 0 Å². The molecule has 0 fully saturated rings. The summed E-state index contributed by atoms with van der Waals surface area (Å²) in [4.78, 5) is 16.5. The van der Waals surface area contributed by atoms with Gasteiger partial charge in [-0.1, -0.05) is 176 Å². The topological polar surface area (TPSA) is 56.7 Å². The molecule has 0 amide bonds. The minimum absolute atomic E-state index is 0.579. The first kappa shape index (κ1) is 38.6. The quantitative estimate of drug-likeness (QED) is 0.162. The molecule has 70 heavy (non-hydrogen) atoms. The first-order chi connectivity index (χ1) is 34.7. The molecule has 3 heterocycles. The van der Waals surface area contributed by atoms with Crippen molar-refractivity contribution in [2.45, 2.75) is 0 Å². The van der Waals surface area contributed by atoms with Gasteiger partial charge in [0.1, 0.15) is 11.2 Å². The fourth-order valence-corrected chi connectivity index (χ4v) is 11.2. The summed E-state index contributed by atoms with van der Waals surface area (Å²) in [5.41, 5.74) is 9.73. The van der Waals surface area contributed by atoms with Crippen molar-refractivity contribution >= 4 is 97.6 Å². The number of benzene rings is 12. The van der Waals surface area contributed by atoms with E-state index in [1.807, 2.05) is 12.1 Å². The lowest BCUT2D eigenvalue weighted by Gasteiger charge is -2.17. The highest BCUT2D eigenvalue weighted by atomic mass is 16.3. The first-order valence-corrected chi connectivity index (χ1v) is 23.8. The zero-order valence-corrected chi connectivity index (χ0v) is 37.6. The summed E-state index contributed by atoms with van der Waals surface area (Å²) in [5.74, 6) is 1.79. The van der Waals surface area contributed by atoms with Gasteiger partial charge in [0.2, 0.25) is 0 Å². The van der Waals surface area contributed by atoms with E-state index in [1.54, 1.807) is 0 Å². The van der Waals surface area contributed by atoms with E-state index in [0.717, 1.165) is 93.4 Å². The third-order valence-electron chi connectivity index (χ3n) is 14.4. The molecule has 324 valence electrons. The molecule has 3 aromatic heterocycles. The summed E-state index contributed by atoms with van der Waals surface area (Å²) >= 11 is 0. The number of furan rings is 1. The van der Waals surface area contributed by atoms with Crippen LogP contribution < -0.4 is 0 Å². The molecule has 12 aromatic carbocycles. The van der Waals surface area contributed by atoms with Crippen LogP contribution in [0.4, 0.5) is 0 Å². The predicted molar refractivity (Wildman–Crippen MR) is 291 cm³/mol. The highest BCUT2D eigenvalue weighted by Gasteiger charge is 2.23. The van der Waals surface area contributed by atoms with Gasteiger partial charge in [0.15, 0.2) is 17.5 Å². The van der Waals surface area contributed by atoms with Crippen LogP contribution in [0.25, 0.3) is 149 Å². The number of para-hydroxylation sites is 2. The molecule has 0 unspecified atom stereocenters. The number of rotatable bonds is 5. The molecule has 0 spiro atoms. The maximum atomic E-state index is 6.57. The maximum Gasteiger partial charge on any atom is 0.164 e. The summed E-state index contributed by atoms with van der Waals surface area (Å²) in [6.45, 7) is 0. The molecule has 0 N–H and O–H groups in total. The van der Waals surface area contributed by atoms with Gasteiger partial charge in [-0.2, -0.15) is 0 Å². The average molecular weight is 891 g/mol. The van der Waals surface area contributed by atoms with E-state index in [2.05, 4.69) is 223 Å². The molecule has 0 aliphatic rings. The molecule has 0 aliphatic carbocycles. The highest BCUT2D eigenvalue weighted by molar-refractivity contribution is 6.28. The molecule has 5 heteroatoms. The van der Waals surface area contributed by atoms with Crippen LogP contribution in [0.5, 0.6) is 0 Å². The van der Waals surface area contributed by atoms with Crippen molar-refractivity contribution < 1.29 is 4.42 Å². The van der Waals surface area contributed by atoms with Gasteiger partial charge in [0.25, 0.3) is 0 Å². The van der Waals surface area contributed by atoms with Gasteiger partial charge in [-0.25, -0.2) is 15.0 Å². The first-order valence-electron chi connectivity index (χ1n) is 23.8. The van der Waals surface area contributed by atoms with E-state index in [0.29, 0.717) is 17.5 Å². The molecule has 15 aromatic rings. The summed E-state index contributed by atoms with van der Waals surface area (Å²) < 4.78 is 8.97. The van der Waals surface area contributed by atoms with Crippen molar-refractivity contribution in [2.24, 2.45) is 0 Å². The van der Waals surface area contributed by atoms with Crippen LogP contribution in [-0.2, 0) is 0 Å². The third-order valence-corrected chi connectivity index (χ3v) is 14.4. The normalized spacial score (nSPS) is 12.0. The second kappa shape index (κ2) is 15.0. The number of hydrogen-bond donors (Lipinski definition) is 0. The van der Waals surface area contributed by atoms with E-state index < -0.39 is 0 Å². The van der Waals surface area contributed by atoms with Crippen molar-refractivity contribution in [3.8, 4) is 51.0 Å². The highest BCUT2D eigenvalue weighted by Crippen LogP contribution is 2.45. The van der Waals surface area contributed by atoms with Crippen LogP contribution in [0.3, 0.4) is 0 Å². The number of fused-ring (bicyclic) bond motifs is 14. The lowest BCUT2D eigenvalue weighted by Crippen LogP contribution is -2.03. The molecule has 0 radical (unpaired) electrons. The number of hydrogen-bond acceptors (Lipinski definition) is 4. The Morgan fingerprint density at radius 2 is 0.843 bits per heavy atom. The summed E-state index contributed by atoms with van der Waals surface area (Å²) in [5, 5.41) is 16.2. The van der Waals surface area contributed by atoms with Crippen LogP contribution in [-0.4, -0.2) is 19.5 Å². The van der Waals surface area contributed by atoms with Gasteiger partial charge in [-0.05, 0) is 114 Å². The Labute approximate surface area is 401 Å². The fourth-order valence-electron chi connectivity index (χ4n) is 11.2. The summed E-state index contributed by atoms with van der Waals surface area (Å²) in [7, 11) is 0. The second-order valence-electron chi connectivity index (χ2n) is 18.3. The minimum Gasteiger partial charge on any atom is -0.456 e. The van der Waals surface area contributed by atoms with Gasteiger partial charge in [0.05, 0.1) is 11.0 Å². The van der Waals surface area contributed by atoms with Gasteiger partial charge in [0, 0.05) is 49.3 Å². The van der Waals surface area contributed by atoms with Crippen LogP contribution in [0, 0.1) is 0 Å². The van der Waals surface area contributed by atoms with Gasteiger partial charge in [-0.15, -0.1) is 0 Å². The van der Waals surface area contributed by atoms with E-state index >= 15 is 0 Å². The molecule has 0 aliphatic heterocycles.